The van der Waals surface area contributed by atoms with E-state index in [1.54, 1.807) is 7.11 Å². The van der Waals surface area contributed by atoms with Gasteiger partial charge in [-0.2, -0.15) is 0 Å². The standard InChI is InChI=1S/C20H18N2O2/c1-24-18-8-4-6-15-13-22(20(23)19(15)18)12-11-16-10-9-14-5-2-3-7-17(14)21-16/h2-10H,11-13H2,1H3. The molecule has 1 aromatic heterocycles. The Kier molecular flexibility index (Phi) is 3.65. The van der Waals surface area contributed by atoms with Crippen LogP contribution in [0.25, 0.3) is 10.9 Å². The van der Waals surface area contributed by atoms with Crippen LogP contribution in [0, 0.1) is 0 Å². The van der Waals surface area contributed by atoms with Crippen LogP contribution < -0.4 is 4.74 Å². The third-order valence-electron chi connectivity index (χ3n) is 4.49. The second-order valence-corrected chi connectivity index (χ2v) is 5.97. The van der Waals surface area contributed by atoms with Crippen molar-refractivity contribution in [3.05, 3.63) is 71.4 Å². The van der Waals surface area contributed by atoms with E-state index >= 15 is 0 Å². The van der Waals surface area contributed by atoms with Crippen LogP contribution in [0.3, 0.4) is 0 Å². The molecule has 1 aliphatic rings. The molecular weight excluding hydrogens is 300 g/mol. The maximum Gasteiger partial charge on any atom is 0.258 e. The molecule has 1 aliphatic heterocycles. The van der Waals surface area contributed by atoms with Crippen LogP contribution in [0.1, 0.15) is 21.6 Å². The first-order valence-corrected chi connectivity index (χ1v) is 8.06. The van der Waals surface area contributed by atoms with Crippen molar-refractivity contribution in [2.45, 2.75) is 13.0 Å². The molecule has 1 amide bonds. The van der Waals surface area contributed by atoms with E-state index in [9.17, 15) is 4.79 Å². The van der Waals surface area contributed by atoms with Gasteiger partial charge >= 0.3 is 0 Å². The van der Waals surface area contributed by atoms with Crippen LogP contribution in [0.2, 0.25) is 0 Å². The minimum absolute atomic E-state index is 0.0447. The first kappa shape index (κ1) is 14.7. The van der Waals surface area contributed by atoms with E-state index in [1.807, 2.05) is 47.4 Å². The average Bonchev–Trinajstić information content (AvgIpc) is 2.96. The van der Waals surface area contributed by atoms with Crippen LogP contribution >= 0.6 is 0 Å². The molecule has 0 bridgehead atoms. The maximum atomic E-state index is 12.6. The monoisotopic (exact) mass is 318 g/mol. The van der Waals surface area contributed by atoms with E-state index in [4.69, 9.17) is 4.74 Å². The van der Waals surface area contributed by atoms with E-state index in [0.29, 0.717) is 24.4 Å². The van der Waals surface area contributed by atoms with Crippen molar-refractivity contribution in [1.82, 2.24) is 9.88 Å². The van der Waals surface area contributed by atoms with Gasteiger partial charge in [0, 0.05) is 30.6 Å². The van der Waals surface area contributed by atoms with Gasteiger partial charge in [-0.05, 0) is 23.8 Å². The van der Waals surface area contributed by atoms with Gasteiger partial charge in [-0.3, -0.25) is 9.78 Å². The van der Waals surface area contributed by atoms with Crippen LogP contribution in [-0.2, 0) is 13.0 Å². The lowest BCUT2D eigenvalue weighted by molar-refractivity contribution is 0.0777. The molecule has 2 aromatic carbocycles. The Morgan fingerprint density at radius 3 is 2.83 bits per heavy atom. The third-order valence-corrected chi connectivity index (χ3v) is 4.49. The highest BCUT2D eigenvalue weighted by Gasteiger charge is 2.30. The topological polar surface area (TPSA) is 42.4 Å². The fraction of sp³-hybridized carbons (Fsp3) is 0.200. The van der Waals surface area contributed by atoms with Crippen molar-refractivity contribution in [2.75, 3.05) is 13.7 Å². The Morgan fingerprint density at radius 2 is 1.96 bits per heavy atom. The summed E-state index contributed by atoms with van der Waals surface area (Å²) in [6, 6.07) is 18.0. The van der Waals surface area contributed by atoms with E-state index in [2.05, 4.69) is 17.1 Å². The Labute approximate surface area is 140 Å². The number of hydrogen-bond acceptors (Lipinski definition) is 3. The van der Waals surface area contributed by atoms with Gasteiger partial charge in [-0.15, -0.1) is 0 Å². The SMILES string of the molecule is COc1cccc2c1C(=O)N(CCc1ccc3ccccc3n1)C2. The fourth-order valence-electron chi connectivity index (χ4n) is 3.23. The van der Waals surface area contributed by atoms with Crippen LogP contribution in [0.4, 0.5) is 0 Å². The van der Waals surface area contributed by atoms with Gasteiger partial charge in [0.25, 0.3) is 5.91 Å². The minimum atomic E-state index is 0.0447. The highest BCUT2D eigenvalue weighted by atomic mass is 16.5. The predicted molar refractivity (Wildman–Crippen MR) is 93.2 cm³/mol. The highest BCUT2D eigenvalue weighted by molar-refractivity contribution is 6.01. The zero-order valence-electron chi connectivity index (χ0n) is 13.5. The molecule has 0 fully saturated rings. The normalized spacial score (nSPS) is 13.4. The van der Waals surface area contributed by atoms with E-state index in [1.165, 1.54) is 0 Å². The second-order valence-electron chi connectivity index (χ2n) is 5.97. The van der Waals surface area contributed by atoms with E-state index in [-0.39, 0.29) is 5.91 Å². The number of aromatic nitrogens is 1. The lowest BCUT2D eigenvalue weighted by Gasteiger charge is -2.15. The van der Waals surface area contributed by atoms with Crippen LogP contribution in [-0.4, -0.2) is 29.4 Å². The fourth-order valence-corrected chi connectivity index (χ4v) is 3.23. The summed E-state index contributed by atoms with van der Waals surface area (Å²) in [4.78, 5) is 19.2. The quantitative estimate of drug-likeness (QED) is 0.740. The summed E-state index contributed by atoms with van der Waals surface area (Å²) in [5.41, 5.74) is 3.73. The third kappa shape index (κ3) is 2.50. The Balaban J connectivity index is 1.51. The summed E-state index contributed by atoms with van der Waals surface area (Å²) in [5, 5.41) is 1.13. The number of amides is 1. The molecule has 4 nitrogen and oxygen atoms in total. The molecule has 24 heavy (non-hydrogen) atoms. The smallest absolute Gasteiger partial charge is 0.258 e. The number of nitrogens with zero attached hydrogens (tertiary/aromatic N) is 2. The van der Waals surface area contributed by atoms with Crippen molar-refractivity contribution >= 4 is 16.8 Å². The molecular formula is C20H18N2O2. The number of ether oxygens (including phenoxy) is 1. The maximum absolute atomic E-state index is 12.6. The van der Waals surface area contributed by atoms with Crippen molar-refractivity contribution in [3.8, 4) is 5.75 Å². The van der Waals surface area contributed by atoms with Crippen LogP contribution in [0.5, 0.6) is 5.75 Å². The molecule has 0 spiro atoms. The van der Waals surface area contributed by atoms with Crippen LogP contribution in [0.15, 0.2) is 54.6 Å². The lowest BCUT2D eigenvalue weighted by Crippen LogP contribution is -2.26. The number of methoxy groups -OCH3 is 1. The Hall–Kier alpha value is -2.88. The molecule has 4 heteroatoms. The van der Waals surface area contributed by atoms with Crippen molar-refractivity contribution in [3.63, 3.8) is 0 Å². The van der Waals surface area contributed by atoms with Crippen molar-refractivity contribution in [2.24, 2.45) is 0 Å². The number of rotatable bonds is 4. The lowest BCUT2D eigenvalue weighted by atomic mass is 10.1. The zero-order chi connectivity index (χ0) is 16.5. The molecule has 2 heterocycles. The molecule has 0 radical (unpaired) electrons. The van der Waals surface area contributed by atoms with Gasteiger partial charge in [0.2, 0.25) is 0 Å². The Morgan fingerprint density at radius 1 is 1.08 bits per heavy atom. The summed E-state index contributed by atoms with van der Waals surface area (Å²) in [5.74, 6) is 0.701. The van der Waals surface area contributed by atoms with Gasteiger partial charge in [0.15, 0.2) is 0 Å². The number of benzene rings is 2. The van der Waals surface area contributed by atoms with Gasteiger partial charge in [-0.25, -0.2) is 0 Å². The molecule has 4 rings (SSSR count). The predicted octanol–water partition coefficient (Wildman–Crippen LogP) is 3.44. The van der Waals surface area contributed by atoms with Crippen molar-refractivity contribution in [1.29, 1.82) is 0 Å². The summed E-state index contributed by atoms with van der Waals surface area (Å²) in [7, 11) is 1.60. The zero-order valence-corrected chi connectivity index (χ0v) is 13.5. The summed E-state index contributed by atoms with van der Waals surface area (Å²) >= 11 is 0. The Bertz CT molecular complexity index is 920. The van der Waals surface area contributed by atoms with Gasteiger partial charge < -0.3 is 9.64 Å². The number of carbonyl (C=O) groups excluding carboxylic acids is 1. The van der Waals surface area contributed by atoms with Gasteiger partial charge in [-0.1, -0.05) is 36.4 Å². The molecule has 3 aromatic rings. The molecule has 120 valence electrons. The highest BCUT2D eigenvalue weighted by Crippen LogP contribution is 2.30. The first-order valence-electron chi connectivity index (χ1n) is 8.06. The first-order chi connectivity index (χ1) is 11.8. The van der Waals surface area contributed by atoms with E-state index < -0.39 is 0 Å². The molecule has 0 atom stereocenters. The number of pyridine rings is 1. The molecule has 0 N–H and O–H groups in total. The minimum Gasteiger partial charge on any atom is -0.496 e. The number of fused-ring (bicyclic) bond motifs is 2. The van der Waals surface area contributed by atoms with Gasteiger partial charge in [0.05, 0.1) is 18.2 Å². The van der Waals surface area contributed by atoms with Crippen molar-refractivity contribution < 1.29 is 9.53 Å². The summed E-state index contributed by atoms with van der Waals surface area (Å²) < 4.78 is 5.33. The number of hydrogen-bond donors (Lipinski definition) is 0. The molecule has 0 saturated carbocycles. The molecule has 0 aliphatic carbocycles. The second kappa shape index (κ2) is 5.96. The molecule has 0 saturated heterocycles. The summed E-state index contributed by atoms with van der Waals surface area (Å²) in [6.45, 7) is 1.29. The van der Waals surface area contributed by atoms with E-state index in [0.717, 1.165) is 28.6 Å². The number of para-hydroxylation sites is 1. The molecule has 0 unspecified atom stereocenters. The largest absolute Gasteiger partial charge is 0.496 e. The average molecular weight is 318 g/mol. The summed E-state index contributed by atoms with van der Waals surface area (Å²) in [6.07, 6.45) is 0.743. The number of carbonyl (C=O) groups is 1. The van der Waals surface area contributed by atoms with Gasteiger partial charge in [0.1, 0.15) is 5.75 Å².